The highest BCUT2D eigenvalue weighted by atomic mass is 32.2. The van der Waals surface area contributed by atoms with Crippen LogP contribution in [0.5, 0.6) is 0 Å². The van der Waals surface area contributed by atoms with Crippen molar-refractivity contribution in [1.29, 1.82) is 5.26 Å². The van der Waals surface area contributed by atoms with Gasteiger partial charge in [0.15, 0.2) is 0 Å². The molecule has 7 nitrogen and oxygen atoms in total. The average molecular weight is 487 g/mol. The second-order valence-electron chi connectivity index (χ2n) is 8.75. The molecule has 2 aliphatic heterocycles. The van der Waals surface area contributed by atoms with Gasteiger partial charge in [-0.3, -0.25) is 19.1 Å². The topological polar surface area (TPSA) is 78.6 Å². The number of carbonyl (C=O) groups is 1. The third-order valence-corrected chi connectivity index (χ3v) is 8.01. The van der Waals surface area contributed by atoms with E-state index in [-0.39, 0.29) is 23.1 Å². The maximum atomic E-state index is 13.4. The molecule has 1 saturated carbocycles. The Kier molecular flexibility index (Phi) is 7.57. The minimum Gasteiger partial charge on any atom is -0.378 e. The van der Waals surface area contributed by atoms with Gasteiger partial charge >= 0.3 is 0 Å². The molecule has 1 aliphatic carbocycles. The lowest BCUT2D eigenvalue weighted by atomic mass is 10.0. The minimum absolute atomic E-state index is 0.0611. The second kappa shape index (κ2) is 10.4. The lowest BCUT2D eigenvalue weighted by Gasteiger charge is -2.33. The standard InChI is InChI=1S/C24H30N4O3S2/c1-3-4-9-27-21(26-10-12-31-13-11-26)18(16(2)19(15-25)22(27)29)14-20-23(30)28(24(32)33-20)17-7-5-6-8-17/h14,17H,3-13H2,1-2H3. The molecule has 176 valence electrons. The number of nitriles is 1. The van der Waals surface area contributed by atoms with E-state index < -0.39 is 0 Å². The SMILES string of the molecule is CCCCn1c(N2CCOCC2)c(C=C2SC(=S)N(C3CCCC3)C2=O)c(C)c(C#N)c1=O. The fraction of sp³-hybridized carbons (Fsp3) is 0.583. The molecule has 0 atom stereocenters. The number of thioether (sulfide) groups is 1. The first-order valence-electron chi connectivity index (χ1n) is 11.7. The van der Waals surface area contributed by atoms with Gasteiger partial charge in [-0.25, -0.2) is 0 Å². The van der Waals surface area contributed by atoms with Gasteiger partial charge in [0.05, 0.1) is 18.1 Å². The van der Waals surface area contributed by atoms with Crippen molar-refractivity contribution in [3.63, 3.8) is 0 Å². The van der Waals surface area contributed by atoms with E-state index in [4.69, 9.17) is 17.0 Å². The predicted octanol–water partition coefficient (Wildman–Crippen LogP) is 3.81. The van der Waals surface area contributed by atoms with Crippen molar-refractivity contribution in [2.24, 2.45) is 0 Å². The van der Waals surface area contributed by atoms with Gasteiger partial charge in [0.2, 0.25) is 0 Å². The second-order valence-corrected chi connectivity index (χ2v) is 10.4. The van der Waals surface area contributed by atoms with E-state index in [1.54, 1.807) is 16.4 Å². The molecule has 0 unspecified atom stereocenters. The van der Waals surface area contributed by atoms with E-state index in [1.165, 1.54) is 11.8 Å². The van der Waals surface area contributed by atoms with Gasteiger partial charge in [0, 0.05) is 31.2 Å². The summed E-state index contributed by atoms with van der Waals surface area (Å²) in [5, 5.41) is 9.80. The van der Waals surface area contributed by atoms with Crippen molar-refractivity contribution in [2.45, 2.75) is 65.0 Å². The summed E-state index contributed by atoms with van der Waals surface area (Å²) in [6, 6.07) is 2.29. The fourth-order valence-electron chi connectivity index (χ4n) is 4.87. The van der Waals surface area contributed by atoms with Gasteiger partial charge in [-0.2, -0.15) is 5.26 Å². The van der Waals surface area contributed by atoms with Gasteiger partial charge in [0.1, 0.15) is 21.8 Å². The molecule has 0 spiro atoms. The zero-order valence-electron chi connectivity index (χ0n) is 19.3. The van der Waals surface area contributed by atoms with Gasteiger partial charge in [-0.1, -0.05) is 50.2 Å². The number of amides is 1. The summed E-state index contributed by atoms with van der Waals surface area (Å²) >= 11 is 6.91. The number of hydrogen-bond acceptors (Lipinski definition) is 7. The lowest BCUT2D eigenvalue weighted by molar-refractivity contribution is -0.123. The molecule has 0 radical (unpaired) electrons. The summed E-state index contributed by atoms with van der Waals surface area (Å²) in [7, 11) is 0. The molecule has 3 fully saturated rings. The number of aromatic nitrogens is 1. The van der Waals surface area contributed by atoms with Crippen molar-refractivity contribution < 1.29 is 9.53 Å². The molecular formula is C24H30N4O3S2. The lowest BCUT2D eigenvalue weighted by Crippen LogP contribution is -2.41. The van der Waals surface area contributed by atoms with E-state index in [0.29, 0.717) is 47.6 Å². The van der Waals surface area contributed by atoms with Gasteiger partial charge in [-0.05, 0) is 37.8 Å². The van der Waals surface area contributed by atoms with Crippen LogP contribution in [0.15, 0.2) is 9.70 Å². The summed E-state index contributed by atoms with van der Waals surface area (Å²) < 4.78 is 7.87. The van der Waals surface area contributed by atoms with Crippen LogP contribution in [0.4, 0.5) is 5.82 Å². The molecule has 3 aliphatic rings. The summed E-state index contributed by atoms with van der Waals surface area (Å²) in [6.45, 7) is 6.86. The summed E-state index contributed by atoms with van der Waals surface area (Å²) in [6.07, 6.45) is 7.83. The maximum absolute atomic E-state index is 13.4. The van der Waals surface area contributed by atoms with Gasteiger partial charge in [0.25, 0.3) is 11.5 Å². The Morgan fingerprint density at radius 1 is 1.24 bits per heavy atom. The van der Waals surface area contributed by atoms with Crippen LogP contribution >= 0.6 is 24.0 Å². The van der Waals surface area contributed by atoms with E-state index in [9.17, 15) is 14.9 Å². The zero-order valence-corrected chi connectivity index (χ0v) is 20.9. The Bertz CT molecular complexity index is 1080. The number of morpholine rings is 1. The highest BCUT2D eigenvalue weighted by Crippen LogP contribution is 2.39. The Labute approximate surface area is 204 Å². The van der Waals surface area contributed by atoms with Crippen LogP contribution in [0, 0.1) is 18.3 Å². The Hall–Kier alpha value is -2.15. The Morgan fingerprint density at radius 3 is 2.58 bits per heavy atom. The van der Waals surface area contributed by atoms with Crippen LogP contribution in [0.25, 0.3) is 6.08 Å². The first-order valence-corrected chi connectivity index (χ1v) is 13.0. The van der Waals surface area contributed by atoms with Crippen molar-refractivity contribution >= 4 is 46.1 Å². The molecule has 1 amide bonds. The van der Waals surface area contributed by atoms with Gasteiger partial charge in [-0.15, -0.1) is 0 Å². The monoisotopic (exact) mass is 486 g/mol. The van der Waals surface area contributed by atoms with Gasteiger partial charge < -0.3 is 9.64 Å². The molecule has 33 heavy (non-hydrogen) atoms. The average Bonchev–Trinajstić information content (AvgIpc) is 3.43. The largest absolute Gasteiger partial charge is 0.378 e. The molecule has 1 aromatic rings. The number of ether oxygens (including phenoxy) is 1. The summed E-state index contributed by atoms with van der Waals surface area (Å²) in [4.78, 5) is 31.1. The van der Waals surface area contributed by atoms with Crippen molar-refractivity contribution in [1.82, 2.24) is 9.47 Å². The van der Waals surface area contributed by atoms with Crippen LogP contribution in [0.2, 0.25) is 0 Å². The van der Waals surface area contributed by atoms with E-state index in [2.05, 4.69) is 17.9 Å². The van der Waals surface area contributed by atoms with Crippen LogP contribution in [-0.4, -0.2) is 52.0 Å². The number of nitrogens with zero attached hydrogens (tertiary/aromatic N) is 4. The zero-order chi connectivity index (χ0) is 23.5. The highest BCUT2D eigenvalue weighted by molar-refractivity contribution is 8.26. The minimum atomic E-state index is -0.263. The van der Waals surface area contributed by atoms with Crippen molar-refractivity contribution in [3.8, 4) is 6.07 Å². The summed E-state index contributed by atoms with van der Waals surface area (Å²) in [5.41, 5.74) is 1.25. The third-order valence-electron chi connectivity index (χ3n) is 6.68. The molecule has 1 aromatic heterocycles. The molecule has 3 heterocycles. The summed E-state index contributed by atoms with van der Waals surface area (Å²) in [5.74, 6) is 0.716. The van der Waals surface area contributed by atoms with Crippen LogP contribution in [0.1, 0.15) is 62.1 Å². The third kappa shape index (κ3) is 4.61. The Morgan fingerprint density at radius 2 is 1.94 bits per heavy atom. The number of pyridine rings is 1. The molecule has 4 rings (SSSR count). The molecule has 0 N–H and O–H groups in total. The maximum Gasteiger partial charge on any atom is 0.270 e. The molecule has 0 aromatic carbocycles. The predicted molar refractivity (Wildman–Crippen MR) is 135 cm³/mol. The van der Waals surface area contributed by atoms with Crippen molar-refractivity contribution in [3.05, 3.63) is 31.9 Å². The number of hydrogen-bond donors (Lipinski definition) is 0. The van der Waals surface area contributed by atoms with Crippen LogP contribution in [0.3, 0.4) is 0 Å². The van der Waals surface area contributed by atoms with E-state index in [1.807, 2.05) is 6.08 Å². The number of rotatable bonds is 6. The number of unbranched alkanes of at least 4 members (excludes halogenated alkanes) is 1. The normalized spacial score (nSPS) is 20.8. The number of thiocarbonyl (C=S) groups is 1. The quantitative estimate of drug-likeness (QED) is 0.447. The smallest absolute Gasteiger partial charge is 0.270 e. The molecule has 2 saturated heterocycles. The van der Waals surface area contributed by atoms with Crippen molar-refractivity contribution in [2.75, 3.05) is 31.2 Å². The first kappa shape index (κ1) is 24.0. The molecular weight excluding hydrogens is 456 g/mol. The fourth-order valence-corrected chi connectivity index (χ4v) is 6.25. The van der Waals surface area contributed by atoms with Crippen LogP contribution in [-0.2, 0) is 16.1 Å². The van der Waals surface area contributed by atoms with Crippen LogP contribution < -0.4 is 10.5 Å². The molecule has 9 heteroatoms. The first-order chi connectivity index (χ1) is 16.0. The Balaban J connectivity index is 1.86. The van der Waals surface area contributed by atoms with E-state index in [0.717, 1.165) is 49.9 Å². The molecule has 0 bridgehead atoms. The number of anilines is 1. The number of carbonyl (C=O) groups excluding carboxylic acids is 1. The van der Waals surface area contributed by atoms with E-state index >= 15 is 0 Å². The highest BCUT2D eigenvalue weighted by Gasteiger charge is 2.38.